The zero-order valence-electron chi connectivity index (χ0n) is 19.9. The second kappa shape index (κ2) is 8.81. The molecule has 0 amide bonds. The van der Waals surface area contributed by atoms with Gasteiger partial charge in [0.25, 0.3) is 0 Å². The van der Waals surface area contributed by atoms with Crippen LogP contribution in [0.15, 0.2) is 36.4 Å². The Morgan fingerprint density at radius 3 is 2.62 bits per heavy atom. The van der Waals surface area contributed by atoms with Gasteiger partial charge in [0.2, 0.25) is 0 Å². The second-order valence-electron chi connectivity index (χ2n) is 10.2. The number of piperidine rings is 1. The van der Waals surface area contributed by atoms with Gasteiger partial charge in [-0.3, -0.25) is 0 Å². The molecule has 0 radical (unpaired) electrons. The molecular formula is C28H33NO5. The monoisotopic (exact) mass is 463 g/mol. The largest absolute Gasteiger partial charge is 0.497 e. The Kier molecular flexibility index (Phi) is 5.64. The molecule has 1 saturated heterocycles. The summed E-state index contributed by atoms with van der Waals surface area (Å²) in [7, 11) is 1.73. The van der Waals surface area contributed by atoms with Crippen molar-refractivity contribution in [2.45, 2.75) is 56.6 Å². The Bertz CT molecular complexity index is 1070. The lowest BCUT2D eigenvalue weighted by Gasteiger charge is -2.43. The van der Waals surface area contributed by atoms with Gasteiger partial charge < -0.3 is 23.8 Å². The van der Waals surface area contributed by atoms with Crippen molar-refractivity contribution < 1.29 is 23.7 Å². The molecular weight excluding hydrogens is 430 g/mol. The highest BCUT2D eigenvalue weighted by Crippen LogP contribution is 2.52. The van der Waals surface area contributed by atoms with E-state index in [1.54, 1.807) is 7.11 Å². The highest BCUT2D eigenvalue weighted by atomic mass is 16.6. The van der Waals surface area contributed by atoms with Crippen LogP contribution in [0.4, 0.5) is 0 Å². The molecule has 34 heavy (non-hydrogen) atoms. The number of hydrogen-bond donors (Lipinski definition) is 0. The first kappa shape index (κ1) is 21.8. The van der Waals surface area contributed by atoms with Gasteiger partial charge in [-0.15, -0.1) is 0 Å². The Morgan fingerprint density at radius 2 is 1.82 bits per heavy atom. The van der Waals surface area contributed by atoms with E-state index in [1.807, 2.05) is 18.2 Å². The van der Waals surface area contributed by atoms with E-state index in [4.69, 9.17) is 18.9 Å². The van der Waals surface area contributed by atoms with Crippen LogP contribution in [0.25, 0.3) is 0 Å². The minimum atomic E-state index is -0.497. The van der Waals surface area contributed by atoms with Crippen molar-refractivity contribution in [3.63, 3.8) is 0 Å². The van der Waals surface area contributed by atoms with E-state index in [0.29, 0.717) is 36.3 Å². The number of fused-ring (bicyclic) bond motifs is 4. The third kappa shape index (κ3) is 3.82. The molecule has 0 unspecified atom stereocenters. The molecule has 2 aromatic carbocycles. The Hall–Kier alpha value is -2.73. The number of carbonyl (C=O) groups is 1. The number of rotatable bonds is 4. The molecule has 6 heteroatoms. The van der Waals surface area contributed by atoms with Crippen molar-refractivity contribution in [1.29, 1.82) is 0 Å². The molecule has 0 bridgehead atoms. The number of ether oxygens (including phenoxy) is 4. The lowest BCUT2D eigenvalue weighted by Crippen LogP contribution is -2.46. The van der Waals surface area contributed by atoms with E-state index < -0.39 is 5.60 Å². The van der Waals surface area contributed by atoms with Gasteiger partial charge in [0.15, 0.2) is 11.5 Å². The van der Waals surface area contributed by atoms with Gasteiger partial charge >= 0.3 is 5.97 Å². The second-order valence-corrected chi connectivity index (χ2v) is 10.2. The lowest BCUT2D eigenvalue weighted by molar-refractivity contribution is -0.0446. The van der Waals surface area contributed by atoms with Crippen LogP contribution in [-0.4, -0.2) is 50.3 Å². The Balaban J connectivity index is 1.07. The predicted molar refractivity (Wildman–Crippen MR) is 128 cm³/mol. The minimum absolute atomic E-state index is 0.255. The first-order valence-corrected chi connectivity index (χ1v) is 12.7. The van der Waals surface area contributed by atoms with Crippen LogP contribution in [0.5, 0.6) is 17.2 Å². The fourth-order valence-corrected chi connectivity index (χ4v) is 6.44. The predicted octanol–water partition coefficient (Wildman–Crippen LogP) is 4.73. The van der Waals surface area contributed by atoms with Gasteiger partial charge in [0.05, 0.1) is 7.11 Å². The molecule has 0 N–H and O–H groups in total. The summed E-state index contributed by atoms with van der Waals surface area (Å²) in [6.45, 7) is 3.30. The molecule has 2 fully saturated rings. The maximum Gasteiger partial charge on any atom is 0.343 e. The number of benzene rings is 2. The summed E-state index contributed by atoms with van der Waals surface area (Å²) >= 11 is 0. The zero-order valence-corrected chi connectivity index (χ0v) is 19.9. The number of nitrogens with zero attached hydrogens (tertiary/aromatic N) is 1. The molecule has 1 aliphatic carbocycles. The van der Waals surface area contributed by atoms with Crippen molar-refractivity contribution >= 4 is 5.97 Å². The Labute approximate surface area is 201 Å². The highest BCUT2D eigenvalue weighted by Gasteiger charge is 2.50. The molecule has 6 nitrogen and oxygen atoms in total. The zero-order chi connectivity index (χ0) is 23.1. The summed E-state index contributed by atoms with van der Waals surface area (Å²) < 4.78 is 22.9. The van der Waals surface area contributed by atoms with Crippen molar-refractivity contribution in [3.05, 3.63) is 53.1 Å². The molecule has 2 aromatic rings. The van der Waals surface area contributed by atoms with Crippen molar-refractivity contribution in [3.8, 4) is 17.2 Å². The van der Waals surface area contributed by atoms with Crippen LogP contribution >= 0.6 is 0 Å². The SMILES string of the molecule is COc1cccc(CC2CCN(C3CCC4(CC3)OC(=O)c3c4ccc4c3OCCO4)CC2)c1. The third-order valence-electron chi connectivity index (χ3n) is 8.28. The fourth-order valence-electron chi connectivity index (χ4n) is 6.44. The standard InChI is InChI=1S/C28H33NO5/c1-31-22-4-2-3-20(18-22)17-19-9-13-29(14-10-19)21-7-11-28(12-8-21)23-5-6-24-26(33-16-15-32-24)25(23)27(30)34-28/h2-6,18-19,21H,7-17H2,1H3. The molecule has 3 aliphatic heterocycles. The molecule has 180 valence electrons. The van der Waals surface area contributed by atoms with E-state index in [1.165, 1.54) is 18.4 Å². The molecule has 0 atom stereocenters. The minimum Gasteiger partial charge on any atom is -0.497 e. The summed E-state index contributed by atoms with van der Waals surface area (Å²) in [5, 5.41) is 0. The first-order valence-electron chi connectivity index (χ1n) is 12.7. The normalized spacial score (nSPS) is 26.9. The van der Waals surface area contributed by atoms with Gasteiger partial charge in [0, 0.05) is 11.6 Å². The summed E-state index contributed by atoms with van der Waals surface area (Å²) in [5.74, 6) is 2.65. The van der Waals surface area contributed by atoms with E-state index in [-0.39, 0.29) is 5.97 Å². The van der Waals surface area contributed by atoms with Crippen LogP contribution in [0.3, 0.4) is 0 Å². The molecule has 1 saturated carbocycles. The maximum atomic E-state index is 12.8. The van der Waals surface area contributed by atoms with Gasteiger partial charge in [-0.25, -0.2) is 4.79 Å². The van der Waals surface area contributed by atoms with Crippen LogP contribution in [0.2, 0.25) is 0 Å². The van der Waals surface area contributed by atoms with Gasteiger partial charge in [-0.1, -0.05) is 18.2 Å². The fraction of sp³-hybridized carbons (Fsp3) is 0.536. The topological polar surface area (TPSA) is 57.2 Å². The Morgan fingerprint density at radius 1 is 1.03 bits per heavy atom. The number of carbonyl (C=O) groups excluding carboxylic acids is 1. The van der Waals surface area contributed by atoms with Crippen LogP contribution in [0.1, 0.15) is 60.0 Å². The van der Waals surface area contributed by atoms with Crippen molar-refractivity contribution in [2.75, 3.05) is 33.4 Å². The molecule has 6 rings (SSSR count). The molecule has 1 spiro atoms. The lowest BCUT2D eigenvalue weighted by atomic mass is 9.76. The van der Waals surface area contributed by atoms with E-state index >= 15 is 0 Å². The van der Waals surface area contributed by atoms with Gasteiger partial charge in [-0.05, 0) is 87.7 Å². The van der Waals surface area contributed by atoms with Crippen molar-refractivity contribution in [2.24, 2.45) is 5.92 Å². The smallest absolute Gasteiger partial charge is 0.343 e. The average molecular weight is 464 g/mol. The molecule has 4 aliphatic rings. The number of likely N-dealkylation sites (tertiary alicyclic amines) is 1. The number of esters is 1. The van der Waals surface area contributed by atoms with E-state index in [9.17, 15) is 4.79 Å². The van der Waals surface area contributed by atoms with Crippen LogP contribution in [0, 0.1) is 5.92 Å². The quantitative estimate of drug-likeness (QED) is 0.611. The summed E-state index contributed by atoms with van der Waals surface area (Å²) in [6, 6.07) is 13.0. The number of methoxy groups -OCH3 is 1. The summed E-state index contributed by atoms with van der Waals surface area (Å²) in [6.07, 6.45) is 7.46. The molecule has 0 aromatic heterocycles. The first-order chi connectivity index (χ1) is 16.6. The van der Waals surface area contributed by atoms with E-state index in [2.05, 4.69) is 23.1 Å². The number of hydrogen-bond acceptors (Lipinski definition) is 6. The summed E-state index contributed by atoms with van der Waals surface area (Å²) in [4.78, 5) is 15.5. The molecule has 3 heterocycles. The summed E-state index contributed by atoms with van der Waals surface area (Å²) in [5.41, 5.74) is 2.46. The van der Waals surface area contributed by atoms with Crippen LogP contribution < -0.4 is 14.2 Å². The van der Waals surface area contributed by atoms with Gasteiger partial charge in [0.1, 0.15) is 30.1 Å². The maximum absolute atomic E-state index is 12.8. The highest BCUT2D eigenvalue weighted by molar-refractivity contribution is 5.98. The average Bonchev–Trinajstić information content (AvgIpc) is 3.16. The third-order valence-corrected chi connectivity index (χ3v) is 8.28. The van der Waals surface area contributed by atoms with Crippen LogP contribution in [-0.2, 0) is 16.8 Å². The van der Waals surface area contributed by atoms with Crippen molar-refractivity contribution in [1.82, 2.24) is 4.90 Å². The van der Waals surface area contributed by atoms with E-state index in [0.717, 1.165) is 62.4 Å². The van der Waals surface area contributed by atoms with Gasteiger partial charge in [-0.2, -0.15) is 0 Å².